The number of aromatic nitrogens is 1. The zero-order valence-corrected chi connectivity index (χ0v) is 11.4. The highest BCUT2D eigenvalue weighted by Gasteiger charge is 2.30. The summed E-state index contributed by atoms with van der Waals surface area (Å²) in [5.41, 5.74) is 0.575. The maximum Gasteiger partial charge on any atom is 0.229 e. The van der Waals surface area contributed by atoms with Crippen LogP contribution in [0.2, 0.25) is 0 Å². The molecule has 0 bridgehead atoms. The van der Waals surface area contributed by atoms with E-state index in [0.29, 0.717) is 19.0 Å². The average Bonchev–Trinajstić information content (AvgIpc) is 2.36. The number of halogens is 1. The second-order valence-electron chi connectivity index (χ2n) is 4.69. The van der Waals surface area contributed by atoms with E-state index in [1.807, 2.05) is 37.8 Å². The van der Waals surface area contributed by atoms with Gasteiger partial charge in [0.25, 0.3) is 0 Å². The molecule has 1 aromatic rings. The third kappa shape index (κ3) is 3.70. The van der Waals surface area contributed by atoms with Crippen molar-refractivity contribution in [3.05, 3.63) is 30.1 Å². The van der Waals surface area contributed by atoms with Crippen molar-refractivity contribution < 1.29 is 4.79 Å². The van der Waals surface area contributed by atoms with Crippen LogP contribution in [-0.4, -0.2) is 28.2 Å². The minimum atomic E-state index is -0.509. The number of carbonyl (C=O) groups is 1. The van der Waals surface area contributed by atoms with Crippen molar-refractivity contribution in [2.45, 2.75) is 27.3 Å². The summed E-state index contributed by atoms with van der Waals surface area (Å²) in [6, 6.07) is 3.84. The first-order valence-electron chi connectivity index (χ1n) is 5.75. The van der Waals surface area contributed by atoms with Crippen LogP contribution in [0.25, 0.3) is 0 Å². The van der Waals surface area contributed by atoms with E-state index < -0.39 is 5.41 Å². The van der Waals surface area contributed by atoms with E-state index in [0.717, 1.165) is 5.56 Å². The van der Waals surface area contributed by atoms with Crippen LogP contribution in [-0.2, 0) is 11.3 Å². The molecule has 0 N–H and O–H groups in total. The summed E-state index contributed by atoms with van der Waals surface area (Å²) in [4.78, 5) is 18.0. The van der Waals surface area contributed by atoms with Gasteiger partial charge in [-0.15, -0.1) is 11.6 Å². The average molecular weight is 255 g/mol. The second-order valence-corrected chi connectivity index (χ2v) is 4.96. The summed E-state index contributed by atoms with van der Waals surface area (Å²) in [6.45, 7) is 7.01. The van der Waals surface area contributed by atoms with Crippen LogP contribution in [0.15, 0.2) is 24.5 Å². The van der Waals surface area contributed by atoms with E-state index in [4.69, 9.17) is 11.6 Å². The largest absolute Gasteiger partial charge is 0.338 e. The summed E-state index contributed by atoms with van der Waals surface area (Å²) in [6.07, 6.45) is 3.47. The molecule has 0 atom stereocenters. The smallest absolute Gasteiger partial charge is 0.229 e. The van der Waals surface area contributed by atoms with Gasteiger partial charge in [-0.05, 0) is 38.5 Å². The lowest BCUT2D eigenvalue weighted by Gasteiger charge is -2.29. The molecule has 0 fully saturated rings. The topological polar surface area (TPSA) is 33.2 Å². The molecule has 1 heterocycles. The molecule has 1 amide bonds. The molecule has 0 aliphatic heterocycles. The van der Waals surface area contributed by atoms with Gasteiger partial charge in [0.15, 0.2) is 0 Å². The molecule has 0 radical (unpaired) electrons. The van der Waals surface area contributed by atoms with Crippen LogP contribution in [0.5, 0.6) is 0 Å². The summed E-state index contributed by atoms with van der Waals surface area (Å²) in [5, 5.41) is 0. The Kier molecular flexibility index (Phi) is 4.94. The Morgan fingerprint density at radius 1 is 1.41 bits per heavy atom. The molecule has 1 aromatic heterocycles. The summed E-state index contributed by atoms with van der Waals surface area (Å²) >= 11 is 5.83. The van der Waals surface area contributed by atoms with Gasteiger partial charge in [-0.3, -0.25) is 9.78 Å². The van der Waals surface area contributed by atoms with Gasteiger partial charge < -0.3 is 4.90 Å². The van der Waals surface area contributed by atoms with Gasteiger partial charge in [0, 0.05) is 31.4 Å². The fourth-order valence-electron chi connectivity index (χ4n) is 1.52. The third-order valence-corrected chi connectivity index (χ3v) is 3.37. The molecule has 0 saturated heterocycles. The monoisotopic (exact) mass is 254 g/mol. The Bertz CT molecular complexity index is 365. The second kappa shape index (κ2) is 6.01. The predicted octanol–water partition coefficient (Wildman–Crippen LogP) is 2.70. The lowest BCUT2D eigenvalue weighted by molar-refractivity contribution is -0.139. The summed E-state index contributed by atoms with van der Waals surface area (Å²) in [7, 11) is 0. The van der Waals surface area contributed by atoms with E-state index in [1.54, 1.807) is 12.4 Å². The van der Waals surface area contributed by atoms with Crippen molar-refractivity contribution >= 4 is 17.5 Å². The Morgan fingerprint density at radius 3 is 2.47 bits per heavy atom. The van der Waals surface area contributed by atoms with Gasteiger partial charge in [-0.2, -0.15) is 0 Å². The van der Waals surface area contributed by atoms with Crippen molar-refractivity contribution in [2.75, 3.05) is 12.4 Å². The number of amides is 1. The molecule has 0 aliphatic rings. The molecule has 4 heteroatoms. The molecule has 94 valence electrons. The van der Waals surface area contributed by atoms with Crippen LogP contribution in [0, 0.1) is 5.41 Å². The predicted molar refractivity (Wildman–Crippen MR) is 69.8 cm³/mol. The lowest BCUT2D eigenvalue weighted by atomic mass is 9.94. The van der Waals surface area contributed by atoms with Crippen LogP contribution < -0.4 is 0 Å². The van der Waals surface area contributed by atoms with Crippen molar-refractivity contribution in [2.24, 2.45) is 5.41 Å². The molecule has 0 aromatic carbocycles. The van der Waals surface area contributed by atoms with Crippen molar-refractivity contribution in [3.8, 4) is 0 Å². The number of rotatable bonds is 5. The lowest BCUT2D eigenvalue weighted by Crippen LogP contribution is -2.41. The maximum absolute atomic E-state index is 12.3. The fraction of sp³-hybridized carbons (Fsp3) is 0.538. The molecule has 1 rings (SSSR count). The van der Waals surface area contributed by atoms with Gasteiger partial charge in [0.05, 0.1) is 5.41 Å². The van der Waals surface area contributed by atoms with Gasteiger partial charge in [-0.25, -0.2) is 0 Å². The van der Waals surface area contributed by atoms with Crippen LogP contribution in [0.4, 0.5) is 0 Å². The van der Waals surface area contributed by atoms with Crippen molar-refractivity contribution in [3.63, 3.8) is 0 Å². The highest BCUT2D eigenvalue weighted by molar-refractivity contribution is 6.19. The standard InChI is InChI=1S/C13H19ClN2O/c1-4-16(12(17)13(2,3)10-14)9-11-5-7-15-8-6-11/h5-8H,4,9-10H2,1-3H3. The molecule has 3 nitrogen and oxygen atoms in total. The first-order chi connectivity index (χ1) is 8.01. The molecular formula is C13H19ClN2O. The van der Waals surface area contributed by atoms with E-state index in [2.05, 4.69) is 4.98 Å². The number of nitrogens with zero attached hydrogens (tertiary/aromatic N) is 2. The zero-order valence-electron chi connectivity index (χ0n) is 10.6. The maximum atomic E-state index is 12.3. The molecule has 17 heavy (non-hydrogen) atoms. The molecular weight excluding hydrogens is 236 g/mol. The van der Waals surface area contributed by atoms with E-state index in [1.165, 1.54) is 0 Å². The Morgan fingerprint density at radius 2 is 2.00 bits per heavy atom. The zero-order chi connectivity index (χ0) is 12.9. The Labute approximate surface area is 108 Å². The molecule has 0 saturated carbocycles. The van der Waals surface area contributed by atoms with E-state index >= 15 is 0 Å². The highest BCUT2D eigenvalue weighted by atomic mass is 35.5. The number of hydrogen-bond donors (Lipinski definition) is 0. The fourth-order valence-corrected chi connectivity index (χ4v) is 1.64. The molecule has 0 spiro atoms. The van der Waals surface area contributed by atoms with E-state index in [9.17, 15) is 4.79 Å². The molecule has 0 unspecified atom stereocenters. The van der Waals surface area contributed by atoms with Crippen molar-refractivity contribution in [1.29, 1.82) is 0 Å². The summed E-state index contributed by atoms with van der Waals surface area (Å²) in [5.74, 6) is 0.422. The third-order valence-electron chi connectivity index (χ3n) is 2.70. The van der Waals surface area contributed by atoms with Crippen LogP contribution >= 0.6 is 11.6 Å². The quantitative estimate of drug-likeness (QED) is 0.757. The van der Waals surface area contributed by atoms with Gasteiger partial charge in [0.1, 0.15) is 0 Å². The Balaban J connectivity index is 2.76. The van der Waals surface area contributed by atoms with Crippen molar-refractivity contribution in [1.82, 2.24) is 9.88 Å². The highest BCUT2D eigenvalue weighted by Crippen LogP contribution is 2.21. The first-order valence-corrected chi connectivity index (χ1v) is 6.29. The minimum absolute atomic E-state index is 0.0896. The van der Waals surface area contributed by atoms with Crippen LogP contribution in [0.1, 0.15) is 26.3 Å². The number of hydrogen-bond acceptors (Lipinski definition) is 2. The first kappa shape index (κ1) is 14.0. The number of carbonyl (C=O) groups excluding carboxylic acids is 1. The molecule has 0 aliphatic carbocycles. The minimum Gasteiger partial charge on any atom is -0.338 e. The number of pyridine rings is 1. The SMILES string of the molecule is CCN(Cc1ccncc1)C(=O)C(C)(C)CCl. The van der Waals surface area contributed by atoms with Gasteiger partial charge >= 0.3 is 0 Å². The Hall–Kier alpha value is -1.09. The van der Waals surface area contributed by atoms with E-state index in [-0.39, 0.29) is 5.91 Å². The normalized spacial score (nSPS) is 11.3. The van der Waals surface area contributed by atoms with Gasteiger partial charge in [0.2, 0.25) is 5.91 Å². The number of alkyl halides is 1. The van der Waals surface area contributed by atoms with Crippen LogP contribution in [0.3, 0.4) is 0 Å². The van der Waals surface area contributed by atoms with Gasteiger partial charge in [-0.1, -0.05) is 0 Å². The summed E-state index contributed by atoms with van der Waals surface area (Å²) < 4.78 is 0.